The second-order valence-corrected chi connectivity index (χ2v) is 4.93. The summed E-state index contributed by atoms with van der Waals surface area (Å²) >= 11 is 5.22. The Balaban J connectivity index is 2.19. The first-order chi connectivity index (χ1) is 8.58. The first-order valence-electron chi connectivity index (χ1n) is 6.02. The number of hydrogen-bond donors (Lipinski definition) is 2. The molecule has 1 aromatic rings. The molecule has 98 valence electrons. The predicted molar refractivity (Wildman–Crippen MR) is 76.1 cm³/mol. The van der Waals surface area contributed by atoms with E-state index < -0.39 is 0 Å². The maximum absolute atomic E-state index is 10.7. The maximum atomic E-state index is 10.7. The molecule has 4 nitrogen and oxygen atoms in total. The summed E-state index contributed by atoms with van der Waals surface area (Å²) in [4.78, 5) is 15.5. The van der Waals surface area contributed by atoms with E-state index in [1.54, 1.807) is 12.4 Å². The van der Waals surface area contributed by atoms with Gasteiger partial charge in [0.1, 0.15) is 0 Å². The minimum atomic E-state index is -0.276. The van der Waals surface area contributed by atoms with E-state index >= 15 is 0 Å². The summed E-state index contributed by atoms with van der Waals surface area (Å²) in [5, 5.41) is 3.19. The summed E-state index contributed by atoms with van der Waals surface area (Å²) in [5.41, 5.74) is 6.36. The van der Waals surface area contributed by atoms with E-state index in [-0.39, 0.29) is 11.8 Å². The lowest BCUT2D eigenvalue weighted by atomic mass is 10.0. The van der Waals surface area contributed by atoms with Gasteiger partial charge in [-0.2, -0.15) is 0 Å². The van der Waals surface area contributed by atoms with Gasteiger partial charge in [-0.25, -0.2) is 0 Å². The molecule has 1 heterocycles. The van der Waals surface area contributed by atoms with Gasteiger partial charge in [-0.15, -0.1) is 0 Å². The summed E-state index contributed by atoms with van der Waals surface area (Å²) in [6.45, 7) is 2.77. The number of carbonyl (C=O) groups excluding carboxylic acids is 1. The third-order valence-electron chi connectivity index (χ3n) is 2.57. The summed E-state index contributed by atoms with van der Waals surface area (Å²) in [7, 11) is 0. The lowest BCUT2D eigenvalue weighted by Crippen LogP contribution is -2.26. The number of pyridine rings is 1. The number of thiocarbonyl (C=S) groups is 1. The fourth-order valence-corrected chi connectivity index (χ4v) is 2.09. The molecule has 0 aromatic carbocycles. The lowest BCUT2D eigenvalue weighted by Gasteiger charge is -2.12. The van der Waals surface area contributed by atoms with E-state index in [9.17, 15) is 4.79 Å². The van der Waals surface area contributed by atoms with Crippen LogP contribution in [0.25, 0.3) is 0 Å². The van der Waals surface area contributed by atoms with Crippen LogP contribution in [0.5, 0.6) is 0 Å². The Morgan fingerprint density at radius 1 is 1.44 bits per heavy atom. The zero-order chi connectivity index (χ0) is 13.4. The van der Waals surface area contributed by atoms with Gasteiger partial charge in [-0.1, -0.05) is 19.1 Å². The van der Waals surface area contributed by atoms with Crippen molar-refractivity contribution < 1.29 is 4.79 Å². The van der Waals surface area contributed by atoms with Crippen molar-refractivity contribution >= 4 is 23.1 Å². The quantitative estimate of drug-likeness (QED) is 0.732. The second kappa shape index (κ2) is 7.76. The van der Waals surface area contributed by atoms with Crippen molar-refractivity contribution in [2.45, 2.75) is 26.2 Å². The molecule has 1 rings (SSSR count). The normalized spacial score (nSPS) is 11.8. The molecule has 5 heteroatoms. The molecule has 0 bridgehead atoms. The summed E-state index contributed by atoms with van der Waals surface area (Å²) in [6.07, 6.45) is 5.55. The van der Waals surface area contributed by atoms with Crippen LogP contribution in [0.1, 0.15) is 25.3 Å². The molecule has 0 aliphatic carbocycles. The minimum absolute atomic E-state index is 0.198. The number of primary amides is 1. The highest BCUT2D eigenvalue weighted by Gasteiger charge is 2.08. The smallest absolute Gasteiger partial charge is 0.217 e. The molecule has 0 saturated carbocycles. The molecule has 0 radical (unpaired) electrons. The monoisotopic (exact) mass is 265 g/mol. The van der Waals surface area contributed by atoms with Crippen LogP contribution < -0.4 is 11.1 Å². The molecular weight excluding hydrogens is 246 g/mol. The van der Waals surface area contributed by atoms with Gasteiger partial charge in [0.15, 0.2) is 0 Å². The van der Waals surface area contributed by atoms with Crippen LogP contribution in [-0.4, -0.2) is 22.4 Å². The second-order valence-electron chi connectivity index (χ2n) is 4.44. The van der Waals surface area contributed by atoms with Crippen molar-refractivity contribution in [3.05, 3.63) is 30.1 Å². The number of nitrogens with zero attached hydrogens (tertiary/aromatic N) is 1. The lowest BCUT2D eigenvalue weighted by molar-refractivity contribution is -0.118. The molecule has 0 aliphatic rings. The Bertz CT molecular complexity index is 394. The van der Waals surface area contributed by atoms with Gasteiger partial charge >= 0.3 is 0 Å². The van der Waals surface area contributed by atoms with Crippen LogP contribution in [0, 0.1) is 5.92 Å². The molecule has 18 heavy (non-hydrogen) atoms. The van der Waals surface area contributed by atoms with Crippen LogP contribution in [0.4, 0.5) is 0 Å². The molecule has 1 aromatic heterocycles. The fourth-order valence-electron chi connectivity index (χ4n) is 1.70. The largest absolute Gasteiger partial charge is 0.379 e. The molecule has 3 N–H and O–H groups in total. The van der Waals surface area contributed by atoms with Crippen molar-refractivity contribution in [2.24, 2.45) is 11.7 Å². The Hall–Kier alpha value is -1.49. The molecule has 0 fully saturated rings. The van der Waals surface area contributed by atoms with Crippen molar-refractivity contribution in [1.29, 1.82) is 0 Å². The highest BCUT2D eigenvalue weighted by Crippen LogP contribution is 2.07. The van der Waals surface area contributed by atoms with Crippen LogP contribution in [0.3, 0.4) is 0 Å². The van der Waals surface area contributed by atoms with Crippen LogP contribution in [0.15, 0.2) is 24.5 Å². The average molecular weight is 265 g/mol. The average Bonchev–Trinajstić information content (AvgIpc) is 2.29. The first-order valence-corrected chi connectivity index (χ1v) is 6.42. The van der Waals surface area contributed by atoms with Gasteiger partial charge in [0, 0.05) is 31.8 Å². The highest BCUT2D eigenvalue weighted by molar-refractivity contribution is 7.80. The number of nitrogens with two attached hydrogens (primary N) is 1. The van der Waals surface area contributed by atoms with Gasteiger partial charge in [-0.05, 0) is 30.0 Å². The van der Waals surface area contributed by atoms with Crippen LogP contribution >= 0.6 is 12.2 Å². The number of aromatic nitrogens is 1. The Kier molecular flexibility index (Phi) is 6.28. The molecule has 0 aliphatic heterocycles. The van der Waals surface area contributed by atoms with E-state index in [0.29, 0.717) is 12.8 Å². The molecule has 1 atom stereocenters. The molecular formula is C13H19N3OS. The standard InChI is InChI=1S/C13H19N3OS/c1-10(8-12(14)17)9-13(18)16-7-4-11-2-5-15-6-3-11/h2-3,5-6,10H,4,7-9H2,1H3,(H2,14,17)(H,16,18)/t10-/m1/s1. The first kappa shape index (κ1) is 14.6. The summed E-state index contributed by atoms with van der Waals surface area (Å²) in [6, 6.07) is 3.97. The third kappa shape index (κ3) is 6.30. The zero-order valence-corrected chi connectivity index (χ0v) is 11.4. The number of nitrogens with one attached hydrogen (secondary N) is 1. The third-order valence-corrected chi connectivity index (χ3v) is 2.88. The molecule has 0 saturated heterocycles. The van der Waals surface area contributed by atoms with E-state index in [2.05, 4.69) is 10.3 Å². The Morgan fingerprint density at radius 2 is 2.11 bits per heavy atom. The number of hydrogen-bond acceptors (Lipinski definition) is 3. The number of rotatable bonds is 7. The zero-order valence-electron chi connectivity index (χ0n) is 10.6. The molecule has 1 amide bonds. The van der Waals surface area contributed by atoms with Crippen molar-refractivity contribution in [3.8, 4) is 0 Å². The van der Waals surface area contributed by atoms with E-state index in [1.165, 1.54) is 5.56 Å². The van der Waals surface area contributed by atoms with Gasteiger partial charge in [0.25, 0.3) is 0 Å². The molecule has 0 spiro atoms. The Morgan fingerprint density at radius 3 is 2.72 bits per heavy atom. The van der Waals surface area contributed by atoms with Gasteiger partial charge < -0.3 is 11.1 Å². The highest BCUT2D eigenvalue weighted by atomic mass is 32.1. The van der Waals surface area contributed by atoms with Crippen molar-refractivity contribution in [1.82, 2.24) is 10.3 Å². The topological polar surface area (TPSA) is 68.0 Å². The number of amides is 1. The summed E-state index contributed by atoms with van der Waals surface area (Å²) in [5.74, 6) is -0.0782. The van der Waals surface area contributed by atoms with E-state index in [4.69, 9.17) is 18.0 Å². The van der Waals surface area contributed by atoms with Crippen LogP contribution in [-0.2, 0) is 11.2 Å². The summed E-state index contributed by atoms with van der Waals surface area (Å²) < 4.78 is 0. The van der Waals surface area contributed by atoms with Gasteiger partial charge in [0.2, 0.25) is 5.91 Å². The van der Waals surface area contributed by atoms with E-state index in [1.807, 2.05) is 19.1 Å². The van der Waals surface area contributed by atoms with Crippen molar-refractivity contribution in [2.75, 3.05) is 6.54 Å². The predicted octanol–water partition coefficient (Wildman–Crippen LogP) is 1.44. The fraction of sp³-hybridized carbons (Fsp3) is 0.462. The SMILES string of the molecule is C[C@H](CC(N)=O)CC(=S)NCCc1ccncc1. The van der Waals surface area contributed by atoms with E-state index in [0.717, 1.165) is 18.0 Å². The van der Waals surface area contributed by atoms with Crippen LogP contribution in [0.2, 0.25) is 0 Å². The number of carbonyl (C=O) groups is 1. The Labute approximate surface area is 113 Å². The van der Waals surface area contributed by atoms with Gasteiger partial charge in [-0.3, -0.25) is 9.78 Å². The maximum Gasteiger partial charge on any atom is 0.217 e. The van der Waals surface area contributed by atoms with Crippen molar-refractivity contribution in [3.63, 3.8) is 0 Å². The van der Waals surface area contributed by atoms with Gasteiger partial charge in [0.05, 0.1) is 4.99 Å². The minimum Gasteiger partial charge on any atom is -0.379 e. The molecule has 0 unspecified atom stereocenters.